The molecule has 12 rings (SSSR count). The Morgan fingerprint density at radius 3 is 2.24 bits per heavy atom. The number of ketones is 2. The maximum Gasteiger partial charge on any atom is 0.410 e. The molecule has 2 aliphatic heterocycles. The fourth-order valence-corrected chi connectivity index (χ4v) is 17.8. The minimum absolute atomic E-state index is 0.00117. The molecule has 5 heterocycles. The molecule has 23 nitrogen and oxygen atoms in total. The number of Topliss-reactive ketones (excluding diaryl/α,β-unsaturated/α-hetero) is 2. The van der Waals surface area contributed by atoms with E-state index in [2.05, 4.69) is 29.5 Å². The van der Waals surface area contributed by atoms with Gasteiger partial charge in [-0.1, -0.05) is 94.0 Å². The molecule has 4 atom stereocenters. The SMILES string of the molecule is Cc1c(-c2ccc(N3CCc4cccc(C(=O)Nc5nc6ccccc6s5)c4C3)nc2C(=O)O)cnn1CC12CC3(C)CC(C)(C1)CC(OCCN(CCP(=O)(O)O)C(=O)OCc1ccc(CC(=O)[C@H](C)NC(=O)[C@@H](CC(=O)CCCCCN4C(=O)C=CC4=O)C(C)C)cc1)(C3)C2. The molecule has 5 amide bonds. The van der Waals surface area contributed by atoms with Crippen LogP contribution in [-0.2, 0) is 70.5 Å². The van der Waals surface area contributed by atoms with Crippen LogP contribution >= 0.6 is 18.9 Å². The van der Waals surface area contributed by atoms with Gasteiger partial charge < -0.3 is 39.5 Å². The number of nitrogens with one attached hydrogen (secondary N) is 2. The number of carboxylic acid groups (broad SMARTS) is 1. The van der Waals surface area contributed by atoms with Crippen LogP contribution in [0.4, 0.5) is 15.7 Å². The first-order chi connectivity index (χ1) is 46.1. The Bertz CT molecular complexity index is 4050. The number of benzene rings is 3. The smallest absolute Gasteiger partial charge is 0.410 e. The summed E-state index contributed by atoms with van der Waals surface area (Å²) in [5, 5.41) is 22.0. The van der Waals surface area contributed by atoms with Crippen molar-refractivity contribution in [1.29, 1.82) is 0 Å². The second kappa shape index (κ2) is 28.7. The first-order valence-corrected chi connectivity index (χ1v) is 36.0. The van der Waals surface area contributed by atoms with Crippen molar-refractivity contribution in [1.82, 2.24) is 34.9 Å². The predicted molar refractivity (Wildman–Crippen MR) is 365 cm³/mol. The summed E-state index contributed by atoms with van der Waals surface area (Å²) < 4.78 is 27.9. The van der Waals surface area contributed by atoms with E-state index in [1.807, 2.05) is 72.8 Å². The number of carbonyl (C=O) groups is 8. The third-order valence-corrected chi connectivity index (χ3v) is 21.8. The zero-order chi connectivity index (χ0) is 69.2. The van der Waals surface area contributed by atoms with Crippen molar-refractivity contribution in [3.05, 3.63) is 136 Å². The lowest BCUT2D eigenvalue weighted by atomic mass is 9.39. The molecule has 3 aromatic heterocycles. The van der Waals surface area contributed by atoms with Crippen molar-refractivity contribution in [2.45, 2.75) is 156 Å². The van der Waals surface area contributed by atoms with Gasteiger partial charge in [-0.2, -0.15) is 5.10 Å². The number of nitrogens with zero attached hydrogens (tertiary/aromatic N) is 7. The van der Waals surface area contributed by atoms with E-state index in [0.29, 0.717) is 90.5 Å². The molecule has 4 bridgehead atoms. The second-order valence-corrected chi connectivity index (χ2v) is 31.4. The molecule has 25 heteroatoms. The largest absolute Gasteiger partial charge is 0.476 e. The summed E-state index contributed by atoms with van der Waals surface area (Å²) in [5.74, 6) is -3.18. The van der Waals surface area contributed by atoms with Gasteiger partial charge in [0.25, 0.3) is 17.7 Å². The number of amides is 5. The molecule has 0 spiro atoms. The zero-order valence-electron chi connectivity index (χ0n) is 55.8. The van der Waals surface area contributed by atoms with Crippen LogP contribution in [0.5, 0.6) is 0 Å². The fourth-order valence-electron chi connectivity index (χ4n) is 16.5. The fraction of sp³-hybridized carbons (Fsp3) is 0.486. The Kier molecular flexibility index (Phi) is 20.7. The summed E-state index contributed by atoms with van der Waals surface area (Å²) in [4.78, 5) is 138. The lowest BCUT2D eigenvalue weighted by Crippen LogP contribution is -2.64. The summed E-state index contributed by atoms with van der Waals surface area (Å²) in [6.07, 6.45) is 10.7. The maximum absolute atomic E-state index is 13.8. The minimum Gasteiger partial charge on any atom is -0.476 e. The van der Waals surface area contributed by atoms with Gasteiger partial charge in [-0.15, -0.1) is 0 Å². The van der Waals surface area contributed by atoms with Gasteiger partial charge in [0.2, 0.25) is 5.91 Å². The molecule has 0 saturated heterocycles. The first-order valence-electron chi connectivity index (χ1n) is 33.4. The van der Waals surface area contributed by atoms with Crippen LogP contribution in [0.2, 0.25) is 0 Å². The summed E-state index contributed by atoms with van der Waals surface area (Å²) in [6.45, 7) is 13.3. The number of hydrogen-bond donors (Lipinski definition) is 5. The van der Waals surface area contributed by atoms with Crippen molar-refractivity contribution in [3.63, 3.8) is 0 Å². The number of thiazole rings is 1. The number of hydrogen-bond acceptors (Lipinski definition) is 16. The third kappa shape index (κ3) is 16.5. The average Bonchev–Trinajstić information content (AvgIpc) is 0.719. The molecule has 5 N–H and O–H groups in total. The zero-order valence-corrected chi connectivity index (χ0v) is 57.6. The molecule has 6 aliphatic rings. The van der Waals surface area contributed by atoms with E-state index >= 15 is 0 Å². The van der Waals surface area contributed by atoms with Crippen LogP contribution in [-0.4, -0.2) is 142 Å². The quantitative estimate of drug-likeness (QED) is 0.0159. The highest BCUT2D eigenvalue weighted by atomic mass is 32.1. The van der Waals surface area contributed by atoms with E-state index < -0.39 is 43.4 Å². The number of aromatic nitrogens is 4. The average molecular weight is 1360 g/mol. The van der Waals surface area contributed by atoms with Gasteiger partial charge >= 0.3 is 19.7 Å². The number of unbranched alkanes of at least 4 members (excludes halogenated alkanes) is 2. The molecule has 97 heavy (non-hydrogen) atoms. The Hall–Kier alpha value is -8.28. The van der Waals surface area contributed by atoms with Gasteiger partial charge in [-0.05, 0) is 146 Å². The monoisotopic (exact) mass is 1360 g/mol. The lowest BCUT2D eigenvalue weighted by molar-refractivity contribution is -0.248. The number of ether oxygens (including phenoxy) is 2. The number of aromatic carboxylic acids is 1. The predicted octanol–water partition coefficient (Wildman–Crippen LogP) is 10.7. The number of imide groups is 1. The molecular formula is C72H86N9O14PS. The Morgan fingerprint density at radius 2 is 1.54 bits per heavy atom. The van der Waals surface area contributed by atoms with Gasteiger partial charge in [0.15, 0.2) is 16.6 Å². The van der Waals surface area contributed by atoms with E-state index in [1.54, 1.807) is 49.5 Å². The van der Waals surface area contributed by atoms with Crippen LogP contribution in [0.25, 0.3) is 21.3 Å². The Morgan fingerprint density at radius 1 is 0.814 bits per heavy atom. The molecule has 2 unspecified atom stereocenters. The molecule has 6 aromatic rings. The third-order valence-electron chi connectivity index (χ3n) is 20.1. The second-order valence-electron chi connectivity index (χ2n) is 28.6. The number of carbonyl (C=O) groups excluding carboxylic acids is 7. The molecule has 514 valence electrons. The lowest BCUT2D eigenvalue weighted by Gasteiger charge is -2.69. The topological polar surface area (TPSA) is 310 Å². The van der Waals surface area contributed by atoms with E-state index in [9.17, 15) is 57.8 Å². The standard InChI is InChI=1S/C72H86N9O14PS/c1-45(2)54(34-51(82)14-8-7-11-27-80-61(84)24-25-62(80)85)65(87)74-46(3)58(83)33-48-18-20-49(21-19-48)37-94-68(90)78(30-32-96(91,92)93)29-31-95-72-41-69(5)38-70(6,42-72)40-71(39-69,43-72)44-81-47(4)55(35-73-81)52-22-23-60(76-63(52)66(88)89)79-28-26-50-13-12-15-53(56(50)36-79)64(86)77-67-75-57-16-9-10-17-59(57)97-67/h9-10,12-13,15-25,35,45-46,54H,7-8,11,14,26-34,36-44H2,1-6H3,(H,74,87)(H,88,89)(H,75,77,86)(H2,91,92,93)/t46-,54-,69?,70?,71?,72?/m0/s1. The van der Waals surface area contributed by atoms with Crippen molar-refractivity contribution >= 4 is 87.4 Å². The molecule has 0 radical (unpaired) electrons. The van der Waals surface area contributed by atoms with Gasteiger partial charge in [0, 0.05) is 99.0 Å². The molecule has 4 aliphatic carbocycles. The van der Waals surface area contributed by atoms with Gasteiger partial charge in [0.05, 0.1) is 40.8 Å². The van der Waals surface area contributed by atoms with Crippen LogP contribution in [0, 0.1) is 35.0 Å². The maximum atomic E-state index is 13.8. The molecular weight excluding hydrogens is 1280 g/mol. The molecule has 4 fully saturated rings. The van der Waals surface area contributed by atoms with Crippen molar-refractivity contribution < 1.29 is 67.3 Å². The normalized spacial score (nSPS) is 21.7. The number of para-hydroxylation sites is 1. The van der Waals surface area contributed by atoms with E-state index in [-0.39, 0.29) is 115 Å². The first kappa shape index (κ1) is 70.1. The summed E-state index contributed by atoms with van der Waals surface area (Å²) >= 11 is 1.41. The van der Waals surface area contributed by atoms with Crippen LogP contribution < -0.4 is 15.5 Å². The number of rotatable bonds is 30. The Labute approximate surface area is 567 Å². The van der Waals surface area contributed by atoms with Crippen molar-refractivity contribution in [2.24, 2.45) is 28.1 Å². The number of anilines is 2. The molecule has 4 saturated carbocycles. The van der Waals surface area contributed by atoms with E-state index in [4.69, 9.17) is 19.6 Å². The molecule has 3 aromatic carbocycles. The van der Waals surface area contributed by atoms with Gasteiger partial charge in [-0.25, -0.2) is 19.6 Å². The van der Waals surface area contributed by atoms with E-state index in [0.717, 1.165) is 59.1 Å². The summed E-state index contributed by atoms with van der Waals surface area (Å²) in [6, 6.07) is 23.1. The number of pyridine rings is 1. The highest BCUT2D eigenvalue weighted by molar-refractivity contribution is 7.51. The van der Waals surface area contributed by atoms with Crippen molar-refractivity contribution in [3.8, 4) is 11.1 Å². The van der Waals surface area contributed by atoms with Crippen molar-refractivity contribution in [2.75, 3.05) is 49.2 Å². The highest BCUT2D eigenvalue weighted by Crippen LogP contribution is 2.72. The summed E-state index contributed by atoms with van der Waals surface area (Å²) in [5.41, 5.74) is 5.26. The van der Waals surface area contributed by atoms with Gasteiger partial charge in [-0.3, -0.25) is 48.2 Å². The number of carboxylic acids is 1. The van der Waals surface area contributed by atoms with Crippen LogP contribution in [0.3, 0.4) is 0 Å². The summed E-state index contributed by atoms with van der Waals surface area (Å²) in [7, 11) is -4.53. The van der Waals surface area contributed by atoms with Gasteiger partial charge in [0.1, 0.15) is 18.2 Å². The van der Waals surface area contributed by atoms with Crippen LogP contribution in [0.15, 0.2) is 97.2 Å². The number of fused-ring (bicyclic) bond motifs is 2. The minimum atomic E-state index is -4.53. The Balaban J connectivity index is 0.682. The highest BCUT2D eigenvalue weighted by Gasteiger charge is 2.66. The van der Waals surface area contributed by atoms with Crippen LogP contribution in [0.1, 0.15) is 154 Å². The van der Waals surface area contributed by atoms with E-state index in [1.165, 1.54) is 33.3 Å².